The number of thioether (sulfide) groups is 1. The Labute approximate surface area is 97.0 Å². The van der Waals surface area contributed by atoms with Crippen LogP contribution in [0.25, 0.3) is 0 Å². The zero-order valence-corrected chi connectivity index (χ0v) is 9.61. The summed E-state index contributed by atoms with van der Waals surface area (Å²) in [4.78, 5) is 20.8. The lowest BCUT2D eigenvalue weighted by Crippen LogP contribution is -2.37. The number of amides is 1. The van der Waals surface area contributed by atoms with Gasteiger partial charge in [-0.3, -0.25) is 9.48 Å². The van der Waals surface area contributed by atoms with Gasteiger partial charge in [-0.25, -0.2) is 4.79 Å². The quantitative estimate of drug-likeness (QED) is 0.651. The monoisotopic (exact) mass is 243 g/mol. The molecule has 1 aromatic heterocycles. The van der Waals surface area contributed by atoms with E-state index >= 15 is 0 Å². The third-order valence-corrected chi connectivity index (χ3v) is 2.99. The normalized spacial score (nSPS) is 12.1. The predicted octanol–water partition coefficient (Wildman–Crippen LogP) is -0.148. The summed E-state index contributed by atoms with van der Waals surface area (Å²) in [5, 5.41) is 15.0. The highest BCUT2D eigenvalue weighted by Crippen LogP contribution is 2.12. The smallest absolute Gasteiger partial charge is 0.327 e. The summed E-state index contributed by atoms with van der Waals surface area (Å²) in [6.07, 6.45) is 4.01. The standard InChI is InChI=1S/C9H13N3O3S/c1-12-3-7(2-11-12)4-16-5-8(9(14)15)10-6-13/h2-3,6,8H,4-5H2,1H3,(H,10,13)(H,14,15). The Balaban J connectivity index is 2.33. The summed E-state index contributed by atoms with van der Waals surface area (Å²) in [6, 6.07) is -0.834. The molecule has 88 valence electrons. The molecule has 0 aromatic carbocycles. The van der Waals surface area contributed by atoms with Crippen molar-refractivity contribution in [3.63, 3.8) is 0 Å². The largest absolute Gasteiger partial charge is 0.480 e. The number of carboxylic acids is 1. The number of aryl methyl sites for hydroxylation is 1. The molecule has 0 aliphatic heterocycles. The first kappa shape index (κ1) is 12.6. The number of aromatic nitrogens is 2. The van der Waals surface area contributed by atoms with E-state index in [1.807, 2.05) is 13.2 Å². The first-order valence-corrected chi connectivity index (χ1v) is 5.76. The number of hydrogen-bond donors (Lipinski definition) is 2. The molecule has 1 unspecified atom stereocenters. The fourth-order valence-electron chi connectivity index (χ4n) is 1.11. The zero-order valence-electron chi connectivity index (χ0n) is 8.79. The minimum atomic E-state index is -1.02. The van der Waals surface area contributed by atoms with Gasteiger partial charge in [0.1, 0.15) is 6.04 Å². The van der Waals surface area contributed by atoms with Crippen molar-refractivity contribution in [3.05, 3.63) is 18.0 Å². The molecule has 2 N–H and O–H groups in total. The van der Waals surface area contributed by atoms with E-state index in [9.17, 15) is 9.59 Å². The molecule has 0 saturated heterocycles. The van der Waals surface area contributed by atoms with Crippen molar-refractivity contribution < 1.29 is 14.7 Å². The third kappa shape index (κ3) is 3.93. The molecule has 0 saturated carbocycles. The fraction of sp³-hybridized carbons (Fsp3) is 0.444. The van der Waals surface area contributed by atoms with Crippen LogP contribution in [-0.2, 0) is 22.4 Å². The molecule has 6 nitrogen and oxygen atoms in total. The third-order valence-electron chi connectivity index (χ3n) is 1.88. The van der Waals surface area contributed by atoms with Crippen LogP contribution in [0, 0.1) is 0 Å². The van der Waals surface area contributed by atoms with Crippen LogP contribution in [-0.4, -0.2) is 39.1 Å². The summed E-state index contributed by atoms with van der Waals surface area (Å²) in [7, 11) is 1.82. The van der Waals surface area contributed by atoms with E-state index < -0.39 is 12.0 Å². The first-order chi connectivity index (χ1) is 7.63. The minimum Gasteiger partial charge on any atom is -0.480 e. The molecule has 0 radical (unpaired) electrons. The van der Waals surface area contributed by atoms with Gasteiger partial charge < -0.3 is 10.4 Å². The van der Waals surface area contributed by atoms with E-state index in [1.54, 1.807) is 10.9 Å². The molecular weight excluding hydrogens is 230 g/mol. The highest BCUT2D eigenvalue weighted by atomic mass is 32.2. The number of nitrogens with one attached hydrogen (secondary N) is 1. The average Bonchev–Trinajstić information content (AvgIpc) is 2.63. The van der Waals surface area contributed by atoms with Gasteiger partial charge in [-0.15, -0.1) is 0 Å². The van der Waals surface area contributed by atoms with Crippen molar-refractivity contribution in [2.75, 3.05) is 5.75 Å². The van der Waals surface area contributed by atoms with Gasteiger partial charge in [-0.2, -0.15) is 16.9 Å². The number of aliphatic carboxylic acids is 1. The Morgan fingerprint density at radius 3 is 3.06 bits per heavy atom. The van der Waals surface area contributed by atoms with Crippen molar-refractivity contribution in [2.45, 2.75) is 11.8 Å². The van der Waals surface area contributed by atoms with Gasteiger partial charge in [-0.1, -0.05) is 0 Å². The van der Waals surface area contributed by atoms with E-state index in [4.69, 9.17) is 5.11 Å². The Morgan fingerprint density at radius 1 is 1.81 bits per heavy atom. The van der Waals surface area contributed by atoms with Crippen LogP contribution in [0.1, 0.15) is 5.56 Å². The second kappa shape index (κ2) is 6.16. The first-order valence-electron chi connectivity index (χ1n) is 4.61. The number of rotatable bonds is 7. The maximum atomic E-state index is 10.7. The average molecular weight is 243 g/mol. The number of nitrogens with zero attached hydrogens (tertiary/aromatic N) is 2. The van der Waals surface area contributed by atoms with Gasteiger partial charge in [0.2, 0.25) is 6.41 Å². The van der Waals surface area contributed by atoms with E-state index in [-0.39, 0.29) is 0 Å². The van der Waals surface area contributed by atoms with Crippen LogP contribution in [0.4, 0.5) is 0 Å². The van der Waals surface area contributed by atoms with Crippen LogP contribution in [0.15, 0.2) is 12.4 Å². The molecule has 0 fully saturated rings. The summed E-state index contributed by atoms with van der Waals surface area (Å²) in [5.41, 5.74) is 1.03. The molecule has 1 atom stereocenters. The van der Waals surface area contributed by atoms with Gasteiger partial charge in [0, 0.05) is 24.8 Å². The maximum absolute atomic E-state index is 10.7. The van der Waals surface area contributed by atoms with Gasteiger partial charge in [0.05, 0.1) is 6.20 Å². The summed E-state index contributed by atoms with van der Waals surface area (Å²) in [6.45, 7) is 0. The Bertz CT molecular complexity index is 367. The highest BCUT2D eigenvalue weighted by molar-refractivity contribution is 7.98. The molecule has 16 heavy (non-hydrogen) atoms. The van der Waals surface area contributed by atoms with Crippen LogP contribution in [0.3, 0.4) is 0 Å². The molecule has 1 aromatic rings. The van der Waals surface area contributed by atoms with Crippen LogP contribution < -0.4 is 5.32 Å². The van der Waals surface area contributed by atoms with Crippen molar-refractivity contribution in [2.24, 2.45) is 7.05 Å². The number of carboxylic acid groups (broad SMARTS) is 1. The van der Waals surface area contributed by atoms with Gasteiger partial charge in [-0.05, 0) is 5.56 Å². The highest BCUT2D eigenvalue weighted by Gasteiger charge is 2.15. The van der Waals surface area contributed by atoms with Crippen LogP contribution >= 0.6 is 11.8 Å². The molecule has 1 rings (SSSR count). The molecule has 0 aliphatic rings. The summed E-state index contributed by atoms with van der Waals surface area (Å²) in [5.74, 6) is -0.00742. The lowest BCUT2D eigenvalue weighted by atomic mass is 10.3. The van der Waals surface area contributed by atoms with Crippen LogP contribution in [0.2, 0.25) is 0 Å². The second-order valence-electron chi connectivity index (χ2n) is 3.21. The van der Waals surface area contributed by atoms with Crippen molar-refractivity contribution in [3.8, 4) is 0 Å². The van der Waals surface area contributed by atoms with Gasteiger partial charge in [0.25, 0.3) is 0 Å². The minimum absolute atomic E-state index is 0.336. The number of carbonyl (C=O) groups is 2. The molecule has 1 heterocycles. The molecule has 0 aliphatic carbocycles. The molecule has 0 spiro atoms. The maximum Gasteiger partial charge on any atom is 0.327 e. The molecule has 0 bridgehead atoms. The number of hydrogen-bond acceptors (Lipinski definition) is 4. The van der Waals surface area contributed by atoms with E-state index in [0.717, 1.165) is 5.56 Å². The van der Waals surface area contributed by atoms with Crippen molar-refractivity contribution in [1.82, 2.24) is 15.1 Å². The van der Waals surface area contributed by atoms with Crippen molar-refractivity contribution in [1.29, 1.82) is 0 Å². The molecule has 1 amide bonds. The van der Waals surface area contributed by atoms with Gasteiger partial charge >= 0.3 is 5.97 Å². The lowest BCUT2D eigenvalue weighted by molar-refractivity contribution is -0.139. The SMILES string of the molecule is Cn1cc(CSCC(NC=O)C(=O)O)cn1. The Hall–Kier alpha value is -1.50. The Morgan fingerprint density at radius 2 is 2.56 bits per heavy atom. The van der Waals surface area contributed by atoms with Crippen molar-refractivity contribution >= 4 is 24.1 Å². The van der Waals surface area contributed by atoms with E-state index in [1.165, 1.54) is 11.8 Å². The van der Waals surface area contributed by atoms with E-state index in [2.05, 4.69) is 10.4 Å². The van der Waals surface area contributed by atoms with E-state index in [0.29, 0.717) is 17.9 Å². The molecular formula is C9H13N3O3S. The molecule has 7 heteroatoms. The summed E-state index contributed by atoms with van der Waals surface area (Å²) >= 11 is 1.44. The lowest BCUT2D eigenvalue weighted by Gasteiger charge is -2.09. The topological polar surface area (TPSA) is 84.2 Å². The second-order valence-corrected chi connectivity index (χ2v) is 4.24. The predicted molar refractivity (Wildman–Crippen MR) is 60.0 cm³/mol. The summed E-state index contributed by atoms with van der Waals surface area (Å²) < 4.78 is 1.69. The van der Waals surface area contributed by atoms with Crippen LogP contribution in [0.5, 0.6) is 0 Å². The Kier molecular flexibility index (Phi) is 4.84. The number of carbonyl (C=O) groups excluding carboxylic acids is 1. The van der Waals surface area contributed by atoms with Gasteiger partial charge in [0.15, 0.2) is 0 Å². The zero-order chi connectivity index (χ0) is 12.0. The fourth-order valence-corrected chi connectivity index (χ4v) is 2.09.